The molecule has 0 N–H and O–H groups in total. The van der Waals surface area contributed by atoms with Crippen molar-refractivity contribution in [3.63, 3.8) is 0 Å². The van der Waals surface area contributed by atoms with E-state index < -0.39 is 0 Å². The summed E-state index contributed by atoms with van der Waals surface area (Å²) < 4.78 is 11.7. The molecule has 5 aromatic rings. The summed E-state index contributed by atoms with van der Waals surface area (Å²) in [6.45, 7) is 0.512. The first-order chi connectivity index (χ1) is 19.5. The summed E-state index contributed by atoms with van der Waals surface area (Å²) in [5.41, 5.74) is 2.58. The second-order valence-corrected chi connectivity index (χ2v) is 10.8. The Kier molecular flexibility index (Phi) is 7.20. The molecule has 0 aliphatic carbocycles. The number of methoxy groups -OCH3 is 1. The molecule has 40 heavy (non-hydrogen) atoms. The van der Waals surface area contributed by atoms with Crippen molar-refractivity contribution in [2.75, 3.05) is 7.11 Å². The van der Waals surface area contributed by atoms with E-state index in [2.05, 4.69) is 18.2 Å². The van der Waals surface area contributed by atoms with Crippen LogP contribution in [0.5, 0.6) is 11.5 Å². The van der Waals surface area contributed by atoms with Crippen molar-refractivity contribution in [3.05, 3.63) is 124 Å². The number of carbonyl (C=O) groups excluding carboxylic acids is 2. The minimum Gasteiger partial charge on any atom is -0.493 e. The van der Waals surface area contributed by atoms with Gasteiger partial charge < -0.3 is 9.47 Å². The van der Waals surface area contributed by atoms with Crippen molar-refractivity contribution in [2.24, 2.45) is 0 Å². The van der Waals surface area contributed by atoms with Crippen molar-refractivity contribution < 1.29 is 19.1 Å². The number of hydrogen-bond acceptors (Lipinski definition) is 5. The number of ether oxygens (including phenoxy) is 2. The average molecular weight is 566 g/mol. The molecule has 5 nitrogen and oxygen atoms in total. The zero-order valence-corrected chi connectivity index (χ0v) is 23.2. The highest BCUT2D eigenvalue weighted by Crippen LogP contribution is 2.40. The van der Waals surface area contributed by atoms with Crippen LogP contribution in [0.1, 0.15) is 16.7 Å². The molecular weight excluding hydrogens is 542 g/mol. The smallest absolute Gasteiger partial charge is 0.293 e. The third kappa shape index (κ3) is 5.04. The summed E-state index contributed by atoms with van der Waals surface area (Å²) in [4.78, 5) is 27.7. The van der Waals surface area contributed by atoms with Crippen molar-refractivity contribution in [3.8, 4) is 11.5 Å². The van der Waals surface area contributed by atoms with E-state index in [0.717, 1.165) is 44.4 Å². The van der Waals surface area contributed by atoms with Crippen LogP contribution in [0.2, 0.25) is 5.02 Å². The Balaban J connectivity index is 1.23. The van der Waals surface area contributed by atoms with E-state index in [1.807, 2.05) is 66.7 Å². The maximum atomic E-state index is 13.3. The van der Waals surface area contributed by atoms with Gasteiger partial charge in [0.15, 0.2) is 11.5 Å². The molecule has 6 rings (SSSR count). The van der Waals surface area contributed by atoms with Crippen LogP contribution < -0.4 is 9.47 Å². The van der Waals surface area contributed by atoms with Gasteiger partial charge in [0.2, 0.25) is 0 Å². The van der Waals surface area contributed by atoms with E-state index in [-0.39, 0.29) is 17.7 Å². The number of rotatable bonds is 7. The highest BCUT2D eigenvalue weighted by atomic mass is 35.5. The highest BCUT2D eigenvalue weighted by Gasteiger charge is 2.35. The molecule has 0 radical (unpaired) electrons. The minimum absolute atomic E-state index is 0.203. The maximum Gasteiger partial charge on any atom is 0.293 e. The standard InChI is InChI=1S/C33H24ClNO4S/c1-38-29-17-21(16-28(34)31(29)39-20-25-13-7-11-23-9-3-5-15-27(23)25)18-30-32(36)35(33(37)40-30)19-24-12-6-10-22-8-2-4-14-26(22)24/h2-18H,19-20H2,1H3/b30-18+. The number of halogens is 1. The second kappa shape index (κ2) is 11.1. The monoisotopic (exact) mass is 565 g/mol. The Bertz CT molecular complexity index is 1810. The largest absolute Gasteiger partial charge is 0.493 e. The van der Waals surface area contributed by atoms with Gasteiger partial charge in [0, 0.05) is 0 Å². The van der Waals surface area contributed by atoms with Gasteiger partial charge in [0.05, 0.1) is 23.6 Å². The van der Waals surface area contributed by atoms with Gasteiger partial charge in [0.25, 0.3) is 11.1 Å². The average Bonchev–Trinajstić information content (AvgIpc) is 3.23. The summed E-state index contributed by atoms with van der Waals surface area (Å²) in [6.07, 6.45) is 1.66. The number of carbonyl (C=O) groups is 2. The fraction of sp³-hybridized carbons (Fsp3) is 0.0909. The van der Waals surface area contributed by atoms with Gasteiger partial charge in [-0.2, -0.15) is 0 Å². The summed E-state index contributed by atoms with van der Waals surface area (Å²) in [7, 11) is 1.54. The van der Waals surface area contributed by atoms with Gasteiger partial charge in [-0.05, 0) is 68.2 Å². The molecule has 198 valence electrons. The molecular formula is C33H24ClNO4S. The Hall–Kier alpha value is -4.26. The Morgan fingerprint density at radius 3 is 2.15 bits per heavy atom. The van der Waals surface area contributed by atoms with Crippen molar-refractivity contribution >= 4 is 62.1 Å². The molecule has 1 aliphatic rings. The molecule has 1 heterocycles. The van der Waals surface area contributed by atoms with Crippen LogP contribution in [0.4, 0.5) is 4.79 Å². The lowest BCUT2D eigenvalue weighted by Gasteiger charge is -2.15. The molecule has 0 aromatic heterocycles. The molecule has 1 saturated heterocycles. The summed E-state index contributed by atoms with van der Waals surface area (Å²) in [6, 6.07) is 31.5. The lowest BCUT2D eigenvalue weighted by Crippen LogP contribution is -2.27. The number of thioether (sulfide) groups is 1. The van der Waals surface area contributed by atoms with Gasteiger partial charge in [-0.1, -0.05) is 96.5 Å². The SMILES string of the molecule is COc1cc(/C=C2/SC(=O)N(Cc3cccc4ccccc34)C2=O)cc(Cl)c1OCc1cccc2ccccc12. The van der Waals surface area contributed by atoms with Crippen LogP contribution >= 0.6 is 23.4 Å². The molecule has 1 aliphatic heterocycles. The molecule has 7 heteroatoms. The third-order valence-corrected chi connectivity index (χ3v) is 8.07. The Morgan fingerprint density at radius 1 is 0.825 bits per heavy atom. The van der Waals surface area contributed by atoms with Crippen LogP contribution in [0, 0.1) is 0 Å². The van der Waals surface area contributed by atoms with Crippen LogP contribution in [-0.2, 0) is 17.9 Å². The van der Waals surface area contributed by atoms with Crippen LogP contribution in [0.3, 0.4) is 0 Å². The fourth-order valence-corrected chi connectivity index (χ4v) is 6.03. The highest BCUT2D eigenvalue weighted by molar-refractivity contribution is 8.18. The predicted octanol–water partition coefficient (Wildman–Crippen LogP) is 8.47. The van der Waals surface area contributed by atoms with E-state index in [1.165, 1.54) is 12.0 Å². The first-order valence-electron chi connectivity index (χ1n) is 12.7. The molecule has 0 unspecified atom stereocenters. The van der Waals surface area contributed by atoms with E-state index in [0.29, 0.717) is 33.6 Å². The van der Waals surface area contributed by atoms with Gasteiger partial charge in [-0.25, -0.2) is 0 Å². The Labute approximate surface area is 241 Å². The van der Waals surface area contributed by atoms with E-state index >= 15 is 0 Å². The molecule has 1 fully saturated rings. The van der Waals surface area contributed by atoms with E-state index in [4.69, 9.17) is 21.1 Å². The number of nitrogens with zero attached hydrogens (tertiary/aromatic N) is 1. The summed E-state index contributed by atoms with van der Waals surface area (Å²) in [5, 5.41) is 4.36. The maximum absolute atomic E-state index is 13.3. The third-order valence-electron chi connectivity index (χ3n) is 6.88. The topological polar surface area (TPSA) is 55.8 Å². The van der Waals surface area contributed by atoms with Crippen LogP contribution in [-0.4, -0.2) is 23.2 Å². The lowest BCUT2D eigenvalue weighted by molar-refractivity contribution is -0.123. The summed E-state index contributed by atoms with van der Waals surface area (Å²) in [5.74, 6) is 0.515. The molecule has 5 aromatic carbocycles. The first-order valence-corrected chi connectivity index (χ1v) is 13.9. The minimum atomic E-state index is -0.339. The van der Waals surface area contributed by atoms with Crippen LogP contribution in [0.25, 0.3) is 27.6 Å². The molecule has 0 spiro atoms. The van der Waals surface area contributed by atoms with E-state index in [1.54, 1.807) is 18.2 Å². The van der Waals surface area contributed by atoms with E-state index in [9.17, 15) is 9.59 Å². The summed E-state index contributed by atoms with van der Waals surface area (Å²) >= 11 is 7.55. The zero-order chi connectivity index (χ0) is 27.6. The lowest BCUT2D eigenvalue weighted by atomic mass is 10.0. The fourth-order valence-electron chi connectivity index (χ4n) is 4.92. The van der Waals surface area contributed by atoms with Crippen LogP contribution in [0.15, 0.2) is 102 Å². The van der Waals surface area contributed by atoms with Gasteiger partial charge >= 0.3 is 0 Å². The number of amides is 2. The quantitative estimate of drug-likeness (QED) is 0.185. The number of hydrogen-bond donors (Lipinski definition) is 0. The Morgan fingerprint density at radius 2 is 1.45 bits per heavy atom. The zero-order valence-electron chi connectivity index (χ0n) is 21.6. The second-order valence-electron chi connectivity index (χ2n) is 9.37. The van der Waals surface area contributed by atoms with Crippen molar-refractivity contribution in [2.45, 2.75) is 13.2 Å². The number of benzene rings is 5. The predicted molar refractivity (Wildman–Crippen MR) is 162 cm³/mol. The molecule has 0 atom stereocenters. The number of imide groups is 1. The first kappa shape index (κ1) is 26.0. The molecule has 0 saturated carbocycles. The molecule has 0 bridgehead atoms. The van der Waals surface area contributed by atoms with Gasteiger partial charge in [-0.3, -0.25) is 14.5 Å². The van der Waals surface area contributed by atoms with Gasteiger partial charge in [-0.15, -0.1) is 0 Å². The molecule has 2 amide bonds. The number of fused-ring (bicyclic) bond motifs is 2. The van der Waals surface area contributed by atoms with Crippen molar-refractivity contribution in [1.29, 1.82) is 0 Å². The van der Waals surface area contributed by atoms with Gasteiger partial charge in [0.1, 0.15) is 6.61 Å². The normalized spacial score (nSPS) is 14.4. The van der Waals surface area contributed by atoms with Crippen molar-refractivity contribution in [1.82, 2.24) is 4.90 Å².